The number of nitrogens with one attached hydrogen (secondary N) is 3. The molecule has 2 aromatic carbocycles. The third-order valence-corrected chi connectivity index (χ3v) is 4.73. The summed E-state index contributed by atoms with van der Waals surface area (Å²) in [5.74, 6) is 0.128. The van der Waals surface area contributed by atoms with Gasteiger partial charge < -0.3 is 25.4 Å². The lowest BCUT2D eigenvalue weighted by molar-refractivity contribution is -0.123. The largest absolute Gasteiger partial charge is 0.497 e. The van der Waals surface area contributed by atoms with Gasteiger partial charge in [-0.25, -0.2) is 0 Å². The van der Waals surface area contributed by atoms with Gasteiger partial charge in [-0.2, -0.15) is 0 Å². The molecule has 0 heterocycles. The van der Waals surface area contributed by atoms with Crippen LogP contribution in [-0.4, -0.2) is 31.9 Å². The molecule has 2 aromatic rings. The van der Waals surface area contributed by atoms with Crippen LogP contribution in [0.4, 0.5) is 17.1 Å². The highest BCUT2D eigenvalue weighted by molar-refractivity contribution is 6.08. The molecule has 0 aliphatic carbocycles. The van der Waals surface area contributed by atoms with Gasteiger partial charge in [0.05, 0.1) is 19.9 Å². The number of methoxy groups -OCH3 is 2. The van der Waals surface area contributed by atoms with Crippen molar-refractivity contribution in [1.29, 1.82) is 0 Å². The first kappa shape index (κ1) is 25.7. The minimum Gasteiger partial charge on any atom is -0.497 e. The van der Waals surface area contributed by atoms with Crippen molar-refractivity contribution >= 4 is 34.8 Å². The highest BCUT2D eigenvalue weighted by atomic mass is 16.5. The van der Waals surface area contributed by atoms with Crippen molar-refractivity contribution in [1.82, 2.24) is 0 Å². The van der Waals surface area contributed by atoms with Crippen molar-refractivity contribution in [3.63, 3.8) is 0 Å². The lowest BCUT2D eigenvalue weighted by atomic mass is 9.95. The smallest absolute Gasteiger partial charge is 0.255 e. The summed E-state index contributed by atoms with van der Waals surface area (Å²) < 4.78 is 10.6. The summed E-state index contributed by atoms with van der Waals surface area (Å²) in [4.78, 5) is 38.2. The first-order valence-corrected chi connectivity index (χ1v) is 10.6. The van der Waals surface area contributed by atoms with Crippen molar-refractivity contribution < 1.29 is 23.9 Å². The Kier molecular flexibility index (Phi) is 7.74. The molecule has 8 nitrogen and oxygen atoms in total. The molecule has 0 atom stereocenters. The number of anilines is 3. The average Bonchev–Trinajstić information content (AvgIpc) is 2.72. The molecule has 178 valence electrons. The standard InChI is InChI=1S/C25H33N3O5/c1-24(2,3)22(30)26-16-11-15(12-17(13-16)27-23(31)25(4,5)6)21(29)28-19-14-18(32-7)9-10-20(19)33-8/h9-14H,1-8H3,(H,26,30)(H,27,31)(H,28,29). The minimum atomic E-state index is -0.638. The third kappa shape index (κ3) is 6.97. The molecule has 3 N–H and O–H groups in total. The quantitative estimate of drug-likeness (QED) is 0.573. The maximum Gasteiger partial charge on any atom is 0.255 e. The molecule has 0 fully saturated rings. The number of hydrogen-bond donors (Lipinski definition) is 3. The van der Waals surface area contributed by atoms with Gasteiger partial charge in [0.1, 0.15) is 11.5 Å². The van der Waals surface area contributed by atoms with Crippen molar-refractivity contribution in [2.75, 3.05) is 30.2 Å². The van der Waals surface area contributed by atoms with Gasteiger partial charge >= 0.3 is 0 Å². The molecular formula is C25H33N3O5. The van der Waals surface area contributed by atoms with E-state index in [0.717, 1.165) is 0 Å². The number of carbonyl (C=O) groups is 3. The lowest BCUT2D eigenvalue weighted by Gasteiger charge is -2.21. The van der Waals surface area contributed by atoms with Gasteiger partial charge in [0.25, 0.3) is 5.91 Å². The zero-order chi connectivity index (χ0) is 25.0. The Morgan fingerprint density at radius 1 is 0.697 bits per heavy atom. The summed E-state index contributed by atoms with van der Waals surface area (Å²) in [6.07, 6.45) is 0. The highest BCUT2D eigenvalue weighted by Gasteiger charge is 2.24. The summed E-state index contributed by atoms with van der Waals surface area (Å²) in [6, 6.07) is 9.78. The zero-order valence-electron chi connectivity index (χ0n) is 20.5. The number of hydrogen-bond acceptors (Lipinski definition) is 5. The van der Waals surface area contributed by atoms with E-state index < -0.39 is 16.7 Å². The Morgan fingerprint density at radius 3 is 1.64 bits per heavy atom. The van der Waals surface area contributed by atoms with E-state index in [4.69, 9.17) is 9.47 Å². The van der Waals surface area contributed by atoms with Crippen LogP contribution in [0.3, 0.4) is 0 Å². The molecule has 2 rings (SSSR count). The highest BCUT2D eigenvalue weighted by Crippen LogP contribution is 2.30. The fourth-order valence-corrected chi connectivity index (χ4v) is 2.65. The van der Waals surface area contributed by atoms with E-state index in [1.165, 1.54) is 14.2 Å². The molecule has 0 aromatic heterocycles. The van der Waals surface area contributed by atoms with Crippen molar-refractivity contribution in [3.8, 4) is 11.5 Å². The van der Waals surface area contributed by atoms with E-state index in [1.54, 1.807) is 77.9 Å². The molecule has 33 heavy (non-hydrogen) atoms. The molecule has 0 bridgehead atoms. The molecular weight excluding hydrogens is 422 g/mol. The molecule has 0 saturated carbocycles. The van der Waals surface area contributed by atoms with Gasteiger partial charge in [-0.3, -0.25) is 14.4 Å². The van der Waals surface area contributed by atoms with Crippen LogP contribution in [-0.2, 0) is 9.59 Å². The normalized spacial score (nSPS) is 11.4. The van der Waals surface area contributed by atoms with E-state index in [9.17, 15) is 14.4 Å². The van der Waals surface area contributed by atoms with Crippen LogP contribution in [0, 0.1) is 10.8 Å². The maximum atomic E-state index is 13.1. The maximum absolute atomic E-state index is 13.1. The number of amides is 3. The number of ether oxygens (including phenoxy) is 2. The van der Waals surface area contributed by atoms with E-state index in [-0.39, 0.29) is 17.4 Å². The second kappa shape index (κ2) is 9.94. The second-order valence-electron chi connectivity index (χ2n) is 9.73. The van der Waals surface area contributed by atoms with Crippen LogP contribution in [0.15, 0.2) is 36.4 Å². The van der Waals surface area contributed by atoms with Crippen molar-refractivity contribution in [2.24, 2.45) is 10.8 Å². The molecule has 0 aliphatic heterocycles. The molecule has 0 unspecified atom stereocenters. The molecule has 0 aliphatic rings. The van der Waals surface area contributed by atoms with Crippen molar-refractivity contribution in [3.05, 3.63) is 42.0 Å². The first-order chi connectivity index (χ1) is 15.2. The Labute approximate surface area is 195 Å². The fourth-order valence-electron chi connectivity index (χ4n) is 2.65. The fraction of sp³-hybridized carbons (Fsp3) is 0.400. The summed E-state index contributed by atoms with van der Waals surface area (Å²) in [5.41, 5.74) is 0.179. The van der Waals surface area contributed by atoms with E-state index in [1.807, 2.05) is 0 Å². The number of benzene rings is 2. The van der Waals surface area contributed by atoms with E-state index >= 15 is 0 Å². The Morgan fingerprint density at radius 2 is 1.21 bits per heavy atom. The SMILES string of the molecule is COc1ccc(OC)c(NC(=O)c2cc(NC(=O)C(C)(C)C)cc(NC(=O)C(C)(C)C)c2)c1. The monoisotopic (exact) mass is 455 g/mol. The Bertz CT molecular complexity index is 1000. The zero-order valence-corrected chi connectivity index (χ0v) is 20.5. The van der Waals surface area contributed by atoms with Crippen LogP contribution in [0.5, 0.6) is 11.5 Å². The molecule has 0 saturated heterocycles. The summed E-state index contributed by atoms with van der Waals surface area (Å²) >= 11 is 0. The predicted molar refractivity (Wildman–Crippen MR) is 130 cm³/mol. The van der Waals surface area contributed by atoms with E-state index in [2.05, 4.69) is 16.0 Å². The van der Waals surface area contributed by atoms with Crippen LogP contribution in [0.2, 0.25) is 0 Å². The van der Waals surface area contributed by atoms with Gasteiger partial charge in [0, 0.05) is 33.8 Å². The Balaban J connectivity index is 2.44. The summed E-state index contributed by atoms with van der Waals surface area (Å²) in [5, 5.41) is 8.44. The Hall–Kier alpha value is -3.55. The summed E-state index contributed by atoms with van der Waals surface area (Å²) in [6.45, 7) is 10.7. The van der Waals surface area contributed by atoms with Crippen LogP contribution in [0.1, 0.15) is 51.9 Å². The molecule has 3 amide bonds. The van der Waals surface area contributed by atoms with Gasteiger partial charge in [0.15, 0.2) is 0 Å². The third-order valence-electron chi connectivity index (χ3n) is 4.73. The van der Waals surface area contributed by atoms with Crippen LogP contribution in [0.25, 0.3) is 0 Å². The van der Waals surface area contributed by atoms with Gasteiger partial charge in [0.2, 0.25) is 11.8 Å². The van der Waals surface area contributed by atoms with Gasteiger partial charge in [-0.15, -0.1) is 0 Å². The molecule has 0 radical (unpaired) electrons. The lowest BCUT2D eigenvalue weighted by Crippen LogP contribution is -2.29. The van der Waals surface area contributed by atoms with Gasteiger partial charge in [-0.05, 0) is 30.3 Å². The van der Waals surface area contributed by atoms with E-state index in [0.29, 0.717) is 28.6 Å². The molecule has 8 heteroatoms. The number of carbonyl (C=O) groups excluding carboxylic acids is 3. The average molecular weight is 456 g/mol. The second-order valence-corrected chi connectivity index (χ2v) is 9.73. The van der Waals surface area contributed by atoms with Gasteiger partial charge in [-0.1, -0.05) is 41.5 Å². The van der Waals surface area contributed by atoms with Crippen LogP contribution >= 0.6 is 0 Å². The minimum absolute atomic E-state index is 0.220. The van der Waals surface area contributed by atoms with Crippen LogP contribution < -0.4 is 25.4 Å². The summed E-state index contributed by atoms with van der Waals surface area (Å²) in [7, 11) is 3.03. The molecule has 0 spiro atoms. The number of rotatable bonds is 6. The van der Waals surface area contributed by atoms with Crippen molar-refractivity contribution in [2.45, 2.75) is 41.5 Å². The first-order valence-electron chi connectivity index (χ1n) is 10.6. The topological polar surface area (TPSA) is 106 Å². The predicted octanol–water partition coefficient (Wildman–Crippen LogP) is 4.93.